The second kappa shape index (κ2) is 5.14. The van der Waals surface area contributed by atoms with Gasteiger partial charge in [-0.3, -0.25) is 9.59 Å². The number of esters is 2. The van der Waals surface area contributed by atoms with Crippen LogP contribution in [0.3, 0.4) is 0 Å². The van der Waals surface area contributed by atoms with E-state index in [0.717, 1.165) is 0 Å². The second-order valence-electron chi connectivity index (χ2n) is 2.61. The van der Waals surface area contributed by atoms with Gasteiger partial charge in [-0.15, -0.1) is 11.3 Å². The summed E-state index contributed by atoms with van der Waals surface area (Å²) in [6, 6.07) is 1.61. The van der Waals surface area contributed by atoms with E-state index in [2.05, 4.69) is 9.47 Å². The summed E-state index contributed by atoms with van der Waals surface area (Å²) in [6.07, 6.45) is 0. The number of ether oxygens (including phenoxy) is 2. The van der Waals surface area contributed by atoms with Gasteiger partial charge in [-0.1, -0.05) is 11.6 Å². The highest BCUT2D eigenvalue weighted by Crippen LogP contribution is 2.31. The van der Waals surface area contributed by atoms with Gasteiger partial charge in [0.15, 0.2) is 5.92 Å². The number of hydrogen-bond donors (Lipinski definition) is 0. The van der Waals surface area contributed by atoms with Crippen molar-refractivity contribution in [2.24, 2.45) is 0 Å². The first-order valence-corrected chi connectivity index (χ1v) is 5.26. The molecule has 0 saturated heterocycles. The van der Waals surface area contributed by atoms with Crippen LogP contribution in [0.5, 0.6) is 0 Å². The summed E-state index contributed by atoms with van der Waals surface area (Å²) in [7, 11) is 2.42. The maximum Gasteiger partial charge on any atom is 0.325 e. The highest BCUT2D eigenvalue weighted by Gasteiger charge is 2.33. The molecule has 0 atom stereocenters. The Morgan fingerprint density at radius 3 is 2.20 bits per heavy atom. The van der Waals surface area contributed by atoms with Crippen molar-refractivity contribution in [3.63, 3.8) is 0 Å². The van der Waals surface area contributed by atoms with E-state index in [1.54, 1.807) is 11.4 Å². The number of carbonyl (C=O) groups is 2. The molecular weight excluding hydrogens is 240 g/mol. The van der Waals surface area contributed by atoms with Gasteiger partial charge in [0.05, 0.1) is 19.2 Å². The zero-order valence-corrected chi connectivity index (χ0v) is 9.72. The lowest BCUT2D eigenvalue weighted by Crippen LogP contribution is -2.23. The van der Waals surface area contributed by atoms with Crippen molar-refractivity contribution in [1.82, 2.24) is 0 Å². The molecule has 0 N–H and O–H groups in total. The summed E-state index contributed by atoms with van der Waals surface area (Å²) in [5.41, 5.74) is 0. The van der Waals surface area contributed by atoms with Gasteiger partial charge in [-0.25, -0.2) is 0 Å². The predicted molar refractivity (Wildman–Crippen MR) is 56.1 cm³/mol. The second-order valence-corrected chi connectivity index (χ2v) is 3.97. The lowest BCUT2D eigenvalue weighted by Gasteiger charge is -2.10. The molecule has 0 amide bonds. The fourth-order valence-corrected chi connectivity index (χ4v) is 2.30. The minimum Gasteiger partial charge on any atom is -0.468 e. The van der Waals surface area contributed by atoms with Gasteiger partial charge in [0.25, 0.3) is 0 Å². The molecular formula is C9H9ClO4S. The van der Waals surface area contributed by atoms with Gasteiger partial charge in [0.2, 0.25) is 0 Å². The van der Waals surface area contributed by atoms with Crippen molar-refractivity contribution >= 4 is 34.9 Å². The van der Waals surface area contributed by atoms with Crippen LogP contribution >= 0.6 is 22.9 Å². The van der Waals surface area contributed by atoms with Crippen LogP contribution in [0.2, 0.25) is 5.02 Å². The number of rotatable bonds is 3. The van der Waals surface area contributed by atoms with Crippen LogP contribution in [0.1, 0.15) is 10.8 Å². The van der Waals surface area contributed by atoms with Gasteiger partial charge in [-0.2, -0.15) is 0 Å². The van der Waals surface area contributed by atoms with Crippen molar-refractivity contribution in [1.29, 1.82) is 0 Å². The molecule has 0 aliphatic heterocycles. The topological polar surface area (TPSA) is 52.6 Å². The molecule has 6 heteroatoms. The smallest absolute Gasteiger partial charge is 0.325 e. The molecule has 0 bridgehead atoms. The SMILES string of the molecule is COC(=O)C(C(=O)OC)c1sccc1Cl. The summed E-state index contributed by atoms with van der Waals surface area (Å²) < 4.78 is 9.04. The minimum absolute atomic E-state index is 0.362. The van der Waals surface area contributed by atoms with Crippen LogP contribution in [-0.4, -0.2) is 26.2 Å². The van der Waals surface area contributed by atoms with Gasteiger partial charge in [0.1, 0.15) is 0 Å². The Balaban J connectivity index is 3.07. The summed E-state index contributed by atoms with van der Waals surface area (Å²) in [5.74, 6) is -2.44. The third-order valence-corrected chi connectivity index (χ3v) is 3.20. The molecule has 1 aromatic heterocycles. The first-order valence-electron chi connectivity index (χ1n) is 4.00. The van der Waals surface area contributed by atoms with Crippen molar-refractivity contribution in [2.75, 3.05) is 14.2 Å². The Kier molecular flexibility index (Phi) is 4.11. The molecule has 0 radical (unpaired) electrons. The predicted octanol–water partition coefficient (Wildman–Crippen LogP) is 1.83. The van der Waals surface area contributed by atoms with Gasteiger partial charge in [0, 0.05) is 4.88 Å². The lowest BCUT2D eigenvalue weighted by molar-refractivity contribution is -0.154. The normalized spacial score (nSPS) is 10.1. The quantitative estimate of drug-likeness (QED) is 0.605. The van der Waals surface area contributed by atoms with Crippen molar-refractivity contribution in [3.8, 4) is 0 Å². The third-order valence-electron chi connectivity index (χ3n) is 1.78. The minimum atomic E-state index is -1.09. The summed E-state index contributed by atoms with van der Waals surface area (Å²) in [5, 5.41) is 2.05. The fraction of sp³-hybridized carbons (Fsp3) is 0.333. The maximum atomic E-state index is 11.4. The van der Waals surface area contributed by atoms with E-state index >= 15 is 0 Å². The molecule has 0 aromatic carbocycles. The number of methoxy groups -OCH3 is 2. The summed E-state index contributed by atoms with van der Waals surface area (Å²) in [6.45, 7) is 0. The number of thiophene rings is 1. The molecule has 15 heavy (non-hydrogen) atoms. The van der Waals surface area contributed by atoms with Crippen LogP contribution in [-0.2, 0) is 19.1 Å². The highest BCUT2D eigenvalue weighted by molar-refractivity contribution is 7.11. The van der Waals surface area contributed by atoms with Gasteiger partial charge in [-0.05, 0) is 11.4 Å². The zero-order chi connectivity index (χ0) is 11.4. The average Bonchev–Trinajstić information content (AvgIpc) is 2.64. The zero-order valence-electron chi connectivity index (χ0n) is 8.15. The Hall–Kier alpha value is -1.07. The van der Waals surface area contributed by atoms with E-state index in [-0.39, 0.29) is 0 Å². The van der Waals surface area contributed by atoms with E-state index in [0.29, 0.717) is 9.90 Å². The average molecular weight is 249 g/mol. The molecule has 4 nitrogen and oxygen atoms in total. The molecule has 0 aliphatic carbocycles. The Bertz CT molecular complexity index is 358. The maximum absolute atomic E-state index is 11.4. The van der Waals surface area contributed by atoms with Crippen LogP contribution in [0.25, 0.3) is 0 Å². The van der Waals surface area contributed by atoms with Gasteiger partial charge >= 0.3 is 11.9 Å². The molecule has 1 heterocycles. The molecule has 0 saturated carbocycles. The Labute approximate surface area is 95.7 Å². The Morgan fingerprint density at radius 1 is 1.33 bits per heavy atom. The summed E-state index contributed by atoms with van der Waals surface area (Å²) >= 11 is 7.04. The standard InChI is InChI=1S/C9H9ClO4S/c1-13-8(11)6(9(12)14-2)7-5(10)3-4-15-7/h3-4,6H,1-2H3. The largest absolute Gasteiger partial charge is 0.468 e. The first kappa shape index (κ1) is 12.0. The van der Waals surface area contributed by atoms with Crippen molar-refractivity contribution in [2.45, 2.75) is 5.92 Å². The van der Waals surface area contributed by atoms with Crippen LogP contribution in [0, 0.1) is 0 Å². The van der Waals surface area contributed by atoms with Crippen molar-refractivity contribution < 1.29 is 19.1 Å². The molecule has 0 fully saturated rings. The van der Waals surface area contributed by atoms with E-state index in [4.69, 9.17) is 11.6 Å². The lowest BCUT2D eigenvalue weighted by atomic mass is 10.1. The highest BCUT2D eigenvalue weighted by atomic mass is 35.5. The van der Waals surface area contributed by atoms with Crippen molar-refractivity contribution in [3.05, 3.63) is 21.3 Å². The fourth-order valence-electron chi connectivity index (χ4n) is 1.06. The van der Waals surface area contributed by atoms with Crippen LogP contribution in [0.4, 0.5) is 0 Å². The van der Waals surface area contributed by atoms with Crippen LogP contribution < -0.4 is 0 Å². The molecule has 0 spiro atoms. The van der Waals surface area contributed by atoms with E-state index in [1.807, 2.05) is 0 Å². The van der Waals surface area contributed by atoms with E-state index in [1.165, 1.54) is 25.6 Å². The van der Waals surface area contributed by atoms with E-state index in [9.17, 15) is 9.59 Å². The van der Waals surface area contributed by atoms with Gasteiger partial charge < -0.3 is 9.47 Å². The molecule has 0 aliphatic rings. The number of carbonyl (C=O) groups excluding carboxylic acids is 2. The molecule has 1 rings (SSSR count). The first-order chi connectivity index (χ1) is 7.11. The Morgan fingerprint density at radius 2 is 1.87 bits per heavy atom. The monoisotopic (exact) mass is 248 g/mol. The van der Waals surface area contributed by atoms with E-state index < -0.39 is 17.9 Å². The third kappa shape index (κ3) is 2.49. The summed E-state index contributed by atoms with van der Waals surface area (Å²) in [4.78, 5) is 23.2. The molecule has 1 aromatic rings. The number of hydrogen-bond acceptors (Lipinski definition) is 5. The molecule has 0 unspecified atom stereocenters. The molecule has 82 valence electrons. The van der Waals surface area contributed by atoms with Crippen LogP contribution in [0.15, 0.2) is 11.4 Å². The number of halogens is 1.